The number of sulfone groups is 1. The van der Waals surface area contributed by atoms with E-state index in [1.54, 1.807) is 0 Å². The molecule has 3 nitrogen and oxygen atoms in total. The molecule has 0 amide bonds. The van der Waals surface area contributed by atoms with E-state index in [-0.39, 0.29) is 11.9 Å². The quantitative estimate of drug-likeness (QED) is 0.725. The summed E-state index contributed by atoms with van der Waals surface area (Å²) in [6, 6.07) is 0. The van der Waals surface area contributed by atoms with Crippen molar-refractivity contribution >= 4 is 9.84 Å². The lowest BCUT2D eigenvalue weighted by molar-refractivity contribution is 0.135. The lowest BCUT2D eigenvalue weighted by Crippen LogP contribution is -2.13. The Morgan fingerprint density at radius 1 is 1.54 bits per heavy atom. The lowest BCUT2D eigenvalue weighted by atomic mass is 10.1. The van der Waals surface area contributed by atoms with Crippen molar-refractivity contribution in [3.63, 3.8) is 0 Å². The highest BCUT2D eigenvalue weighted by Gasteiger charge is 2.38. The summed E-state index contributed by atoms with van der Waals surface area (Å²) in [7, 11) is -2.85. The van der Waals surface area contributed by atoms with Gasteiger partial charge in [0.2, 0.25) is 0 Å². The van der Waals surface area contributed by atoms with Crippen LogP contribution in [0.4, 0.5) is 0 Å². The summed E-state index contributed by atoms with van der Waals surface area (Å²) in [5.74, 6) is 1.26. The molecule has 0 heterocycles. The highest BCUT2D eigenvalue weighted by Crippen LogP contribution is 2.41. The average Bonchev–Trinajstić information content (AvgIpc) is 2.63. The Balaban J connectivity index is 2.13. The second kappa shape index (κ2) is 3.96. The van der Waals surface area contributed by atoms with Crippen molar-refractivity contribution in [1.29, 1.82) is 0 Å². The van der Waals surface area contributed by atoms with Crippen LogP contribution in [0.2, 0.25) is 0 Å². The van der Waals surface area contributed by atoms with Crippen LogP contribution in [0.1, 0.15) is 26.2 Å². The molecule has 3 unspecified atom stereocenters. The Hall–Kier alpha value is -0.0900. The molecule has 0 bridgehead atoms. The van der Waals surface area contributed by atoms with Gasteiger partial charge in [-0.25, -0.2) is 8.42 Å². The summed E-state index contributed by atoms with van der Waals surface area (Å²) in [5.41, 5.74) is 0. The number of aliphatic hydroxyl groups is 1. The number of rotatable bonds is 5. The van der Waals surface area contributed by atoms with Gasteiger partial charge in [0, 0.05) is 12.0 Å². The Morgan fingerprint density at radius 3 is 2.46 bits per heavy atom. The summed E-state index contributed by atoms with van der Waals surface area (Å²) in [6.07, 6.45) is 3.27. The summed E-state index contributed by atoms with van der Waals surface area (Å²) in [5, 5.41) is 9.56. The van der Waals surface area contributed by atoms with E-state index in [1.165, 1.54) is 6.26 Å². The van der Waals surface area contributed by atoms with Crippen molar-refractivity contribution in [1.82, 2.24) is 0 Å². The molecule has 78 valence electrons. The molecule has 1 saturated carbocycles. The van der Waals surface area contributed by atoms with E-state index in [0.29, 0.717) is 24.7 Å². The molecule has 1 aliphatic carbocycles. The molecule has 0 aromatic heterocycles. The van der Waals surface area contributed by atoms with Crippen molar-refractivity contribution in [2.45, 2.75) is 32.3 Å². The van der Waals surface area contributed by atoms with Crippen LogP contribution in [-0.4, -0.2) is 31.6 Å². The fraction of sp³-hybridized carbons (Fsp3) is 1.00. The van der Waals surface area contributed by atoms with Crippen LogP contribution in [0.15, 0.2) is 0 Å². The van der Waals surface area contributed by atoms with E-state index in [1.807, 2.05) is 0 Å². The molecular formula is C9H18O3S. The zero-order valence-corrected chi connectivity index (χ0v) is 9.05. The molecule has 1 aliphatic rings. The third-order valence-corrected chi connectivity index (χ3v) is 3.71. The van der Waals surface area contributed by atoms with E-state index in [2.05, 4.69) is 6.92 Å². The van der Waals surface area contributed by atoms with E-state index >= 15 is 0 Å². The molecule has 0 aromatic rings. The minimum Gasteiger partial charge on any atom is -0.393 e. The summed E-state index contributed by atoms with van der Waals surface area (Å²) < 4.78 is 21.6. The van der Waals surface area contributed by atoms with E-state index in [9.17, 15) is 13.5 Å². The van der Waals surface area contributed by atoms with Gasteiger partial charge < -0.3 is 5.11 Å². The number of aliphatic hydroxyl groups excluding tert-OH is 1. The zero-order valence-electron chi connectivity index (χ0n) is 8.23. The maximum Gasteiger partial charge on any atom is 0.147 e. The molecule has 0 radical (unpaired) electrons. The molecule has 4 heteroatoms. The van der Waals surface area contributed by atoms with Crippen LogP contribution >= 0.6 is 0 Å². The Bertz CT molecular complexity index is 258. The minimum absolute atomic E-state index is 0.200. The monoisotopic (exact) mass is 206 g/mol. The predicted molar refractivity (Wildman–Crippen MR) is 52.2 cm³/mol. The van der Waals surface area contributed by atoms with Gasteiger partial charge >= 0.3 is 0 Å². The molecule has 0 aliphatic heterocycles. The Labute approximate surface area is 80.1 Å². The molecule has 13 heavy (non-hydrogen) atoms. The van der Waals surface area contributed by atoms with Gasteiger partial charge in [0.25, 0.3) is 0 Å². The number of hydrogen-bond donors (Lipinski definition) is 1. The molecule has 1 N–H and O–H groups in total. The number of hydrogen-bond acceptors (Lipinski definition) is 3. The van der Waals surface area contributed by atoms with Crippen molar-refractivity contribution in [3.8, 4) is 0 Å². The summed E-state index contributed by atoms with van der Waals surface area (Å²) in [6.45, 7) is 2.12. The average molecular weight is 206 g/mol. The maximum absolute atomic E-state index is 10.8. The standard InChI is InChI=1S/C9H18O3S/c1-7-6-8(7)9(10)4-3-5-13(2,11)12/h7-10H,3-6H2,1-2H3. The van der Waals surface area contributed by atoms with Gasteiger partial charge in [-0.15, -0.1) is 0 Å². The highest BCUT2D eigenvalue weighted by molar-refractivity contribution is 7.90. The fourth-order valence-electron chi connectivity index (χ4n) is 1.66. The first kappa shape index (κ1) is 11.0. The van der Waals surface area contributed by atoms with Crippen molar-refractivity contribution in [2.24, 2.45) is 11.8 Å². The van der Waals surface area contributed by atoms with Crippen LogP contribution < -0.4 is 0 Å². The highest BCUT2D eigenvalue weighted by atomic mass is 32.2. The second-order valence-electron chi connectivity index (χ2n) is 4.22. The SMILES string of the molecule is CC1CC1C(O)CCCS(C)(=O)=O. The topological polar surface area (TPSA) is 54.4 Å². The Morgan fingerprint density at radius 2 is 2.08 bits per heavy atom. The van der Waals surface area contributed by atoms with Crippen LogP contribution in [0.3, 0.4) is 0 Å². The molecule has 0 aromatic carbocycles. The first-order valence-electron chi connectivity index (χ1n) is 4.76. The molecule has 1 fully saturated rings. The van der Waals surface area contributed by atoms with Gasteiger partial charge in [-0.3, -0.25) is 0 Å². The van der Waals surface area contributed by atoms with E-state index in [4.69, 9.17) is 0 Å². The molecule has 1 rings (SSSR count). The van der Waals surface area contributed by atoms with Gasteiger partial charge in [-0.2, -0.15) is 0 Å². The maximum atomic E-state index is 10.8. The van der Waals surface area contributed by atoms with Crippen LogP contribution in [0, 0.1) is 11.8 Å². The Kier molecular flexibility index (Phi) is 3.35. The predicted octanol–water partition coefficient (Wildman–Crippen LogP) is 0.828. The lowest BCUT2D eigenvalue weighted by Gasteiger charge is -2.08. The third-order valence-electron chi connectivity index (χ3n) is 2.68. The van der Waals surface area contributed by atoms with Crippen molar-refractivity contribution in [3.05, 3.63) is 0 Å². The van der Waals surface area contributed by atoms with Crippen LogP contribution in [-0.2, 0) is 9.84 Å². The van der Waals surface area contributed by atoms with Crippen LogP contribution in [0.25, 0.3) is 0 Å². The van der Waals surface area contributed by atoms with Gasteiger partial charge in [0.1, 0.15) is 9.84 Å². The first-order chi connectivity index (χ1) is 5.90. The molecule has 3 atom stereocenters. The zero-order chi connectivity index (χ0) is 10.1. The van der Waals surface area contributed by atoms with E-state index in [0.717, 1.165) is 6.42 Å². The summed E-state index contributed by atoms with van der Waals surface area (Å²) >= 11 is 0. The normalized spacial score (nSPS) is 30.1. The van der Waals surface area contributed by atoms with Gasteiger partial charge in [0.15, 0.2) is 0 Å². The van der Waals surface area contributed by atoms with Crippen LogP contribution in [0.5, 0.6) is 0 Å². The summed E-state index contributed by atoms with van der Waals surface area (Å²) in [4.78, 5) is 0. The van der Waals surface area contributed by atoms with Crippen molar-refractivity contribution in [2.75, 3.05) is 12.0 Å². The van der Waals surface area contributed by atoms with Gasteiger partial charge in [-0.1, -0.05) is 6.92 Å². The fourth-order valence-corrected chi connectivity index (χ4v) is 2.35. The second-order valence-corrected chi connectivity index (χ2v) is 6.48. The van der Waals surface area contributed by atoms with Crippen molar-refractivity contribution < 1.29 is 13.5 Å². The van der Waals surface area contributed by atoms with Gasteiger partial charge in [-0.05, 0) is 31.1 Å². The molecule has 0 saturated heterocycles. The molecular weight excluding hydrogens is 188 g/mol. The van der Waals surface area contributed by atoms with Gasteiger partial charge in [0.05, 0.1) is 6.10 Å². The third kappa shape index (κ3) is 4.09. The largest absolute Gasteiger partial charge is 0.393 e. The first-order valence-corrected chi connectivity index (χ1v) is 6.82. The van der Waals surface area contributed by atoms with E-state index < -0.39 is 9.84 Å². The molecule has 0 spiro atoms. The smallest absolute Gasteiger partial charge is 0.147 e. The minimum atomic E-state index is -2.85.